The quantitative estimate of drug-likeness (QED) is 0.709. The summed E-state index contributed by atoms with van der Waals surface area (Å²) in [7, 11) is 0. The summed E-state index contributed by atoms with van der Waals surface area (Å²) in [5.74, 6) is 0.0830. The Balaban J connectivity index is 1.71. The Morgan fingerprint density at radius 3 is 2.38 bits per heavy atom. The van der Waals surface area contributed by atoms with Crippen molar-refractivity contribution in [2.45, 2.75) is 98.2 Å². The van der Waals surface area contributed by atoms with Crippen molar-refractivity contribution in [3.63, 3.8) is 0 Å². The van der Waals surface area contributed by atoms with Gasteiger partial charge in [-0.1, -0.05) is 27.2 Å². The molecule has 4 aliphatic carbocycles. The lowest BCUT2D eigenvalue weighted by Crippen LogP contribution is -2.65. The third-order valence-electron chi connectivity index (χ3n) is 9.76. The first kappa shape index (κ1) is 21.1. The molecule has 8 atom stereocenters. The Morgan fingerprint density at radius 2 is 1.72 bits per heavy atom. The second-order valence-electron chi connectivity index (χ2n) is 11.5. The lowest BCUT2D eigenvalue weighted by molar-refractivity contribution is -0.239. The molecule has 164 valence electrons. The van der Waals surface area contributed by atoms with E-state index < -0.39 is 6.10 Å². The molecule has 0 saturated heterocycles. The van der Waals surface area contributed by atoms with Crippen LogP contribution in [0.4, 0.5) is 0 Å². The Labute approximate surface area is 174 Å². The van der Waals surface area contributed by atoms with Crippen molar-refractivity contribution in [2.75, 3.05) is 6.61 Å². The fourth-order valence-electron chi connectivity index (χ4n) is 8.71. The van der Waals surface area contributed by atoms with E-state index in [1.165, 1.54) is 13.8 Å². The number of esters is 2. The van der Waals surface area contributed by atoms with Crippen molar-refractivity contribution >= 4 is 11.9 Å². The fourth-order valence-corrected chi connectivity index (χ4v) is 8.71. The zero-order valence-electron chi connectivity index (χ0n) is 18.8. The van der Waals surface area contributed by atoms with Gasteiger partial charge in [0.25, 0.3) is 0 Å². The highest BCUT2D eigenvalue weighted by Crippen LogP contribution is 2.76. The predicted molar refractivity (Wildman–Crippen MR) is 109 cm³/mol. The maximum absolute atomic E-state index is 11.7. The summed E-state index contributed by atoms with van der Waals surface area (Å²) in [6.45, 7) is 10.3. The predicted octanol–water partition coefficient (Wildman–Crippen LogP) is 4.26. The van der Waals surface area contributed by atoms with Gasteiger partial charge in [-0.25, -0.2) is 0 Å². The highest BCUT2D eigenvalue weighted by molar-refractivity contribution is 5.66. The van der Waals surface area contributed by atoms with Crippen LogP contribution in [0.1, 0.15) is 86.0 Å². The van der Waals surface area contributed by atoms with E-state index >= 15 is 0 Å². The Kier molecular flexibility index (Phi) is 4.88. The van der Waals surface area contributed by atoms with Crippen molar-refractivity contribution < 1.29 is 24.2 Å². The van der Waals surface area contributed by atoms with Crippen LogP contribution in [0.25, 0.3) is 0 Å². The van der Waals surface area contributed by atoms with Gasteiger partial charge in [-0.2, -0.15) is 0 Å². The van der Waals surface area contributed by atoms with Gasteiger partial charge in [-0.15, -0.1) is 0 Å². The molecule has 0 heterocycles. The van der Waals surface area contributed by atoms with Crippen LogP contribution in [0, 0.1) is 33.5 Å². The number of hydrogen-bond acceptors (Lipinski definition) is 5. The summed E-state index contributed by atoms with van der Waals surface area (Å²) >= 11 is 0. The van der Waals surface area contributed by atoms with E-state index in [1.54, 1.807) is 0 Å². The zero-order valence-corrected chi connectivity index (χ0v) is 18.8. The molecule has 4 rings (SSSR count). The molecule has 0 aromatic carbocycles. The average molecular weight is 407 g/mol. The highest BCUT2D eigenvalue weighted by atomic mass is 16.5. The maximum atomic E-state index is 11.7. The first-order valence-corrected chi connectivity index (χ1v) is 11.4. The molecule has 4 fully saturated rings. The SMILES string of the molecule is CC(=O)OC[C@]1(C)CCC[C@@]2(C)[C@H]1[C@H](O)CC1C[C@@H](OC(C)=O)[C@]3(C)CC[C@]12C3. The summed E-state index contributed by atoms with van der Waals surface area (Å²) < 4.78 is 11.3. The Hall–Kier alpha value is -1.10. The summed E-state index contributed by atoms with van der Waals surface area (Å²) in [6, 6.07) is 0. The topological polar surface area (TPSA) is 72.8 Å². The number of rotatable bonds is 3. The lowest BCUT2D eigenvalue weighted by Gasteiger charge is -2.68. The van der Waals surface area contributed by atoms with E-state index in [-0.39, 0.29) is 45.6 Å². The van der Waals surface area contributed by atoms with Gasteiger partial charge in [0.05, 0.1) is 12.7 Å². The summed E-state index contributed by atoms with van der Waals surface area (Å²) in [6.07, 6.45) is 7.72. The van der Waals surface area contributed by atoms with Crippen molar-refractivity contribution in [1.29, 1.82) is 0 Å². The zero-order chi connectivity index (χ0) is 21.2. The number of aliphatic hydroxyl groups excluding tert-OH is 1. The molecule has 4 aliphatic rings. The van der Waals surface area contributed by atoms with Crippen LogP contribution in [0.2, 0.25) is 0 Å². The number of ether oxygens (including phenoxy) is 2. The van der Waals surface area contributed by atoms with Gasteiger partial charge in [-0.05, 0) is 67.6 Å². The first-order valence-electron chi connectivity index (χ1n) is 11.4. The molecule has 4 saturated carbocycles. The molecule has 0 aliphatic heterocycles. The van der Waals surface area contributed by atoms with Crippen LogP contribution in [0.5, 0.6) is 0 Å². The van der Waals surface area contributed by atoms with Crippen LogP contribution in [-0.2, 0) is 19.1 Å². The molecule has 5 nitrogen and oxygen atoms in total. The summed E-state index contributed by atoms with van der Waals surface area (Å²) in [4.78, 5) is 23.3. The second-order valence-corrected chi connectivity index (χ2v) is 11.5. The van der Waals surface area contributed by atoms with Gasteiger partial charge < -0.3 is 14.6 Å². The minimum absolute atomic E-state index is 0.0153. The first-order chi connectivity index (χ1) is 13.5. The van der Waals surface area contributed by atoms with Crippen molar-refractivity contribution in [1.82, 2.24) is 0 Å². The van der Waals surface area contributed by atoms with Crippen LogP contribution in [-0.4, -0.2) is 35.9 Å². The summed E-state index contributed by atoms with van der Waals surface area (Å²) in [5, 5.41) is 11.4. The minimum Gasteiger partial charge on any atom is -0.465 e. The molecule has 5 heteroatoms. The van der Waals surface area contributed by atoms with Crippen molar-refractivity contribution in [3.05, 3.63) is 0 Å². The van der Waals surface area contributed by atoms with E-state index in [0.717, 1.165) is 51.4 Å². The fraction of sp³-hybridized carbons (Fsp3) is 0.917. The monoisotopic (exact) mass is 406 g/mol. The number of carbonyl (C=O) groups is 2. The average Bonchev–Trinajstić information content (AvgIpc) is 2.93. The Morgan fingerprint density at radius 1 is 1.00 bits per heavy atom. The molecule has 1 spiro atoms. The highest BCUT2D eigenvalue weighted by Gasteiger charge is 2.72. The van der Waals surface area contributed by atoms with Gasteiger partial charge in [0.15, 0.2) is 0 Å². The number of aliphatic hydroxyl groups is 1. The summed E-state index contributed by atoms with van der Waals surface area (Å²) in [5.41, 5.74) is 0.0346. The molecular weight excluding hydrogens is 368 g/mol. The molecule has 0 aromatic heterocycles. The molecule has 0 amide bonds. The lowest BCUT2D eigenvalue weighted by atomic mass is 9.37. The van der Waals surface area contributed by atoms with Crippen LogP contribution >= 0.6 is 0 Å². The molecule has 1 N–H and O–H groups in total. The van der Waals surface area contributed by atoms with Gasteiger partial charge in [-0.3, -0.25) is 9.59 Å². The number of carbonyl (C=O) groups excluding carboxylic acids is 2. The second kappa shape index (κ2) is 6.70. The van der Waals surface area contributed by atoms with E-state index in [4.69, 9.17) is 9.47 Å². The number of hydrogen-bond donors (Lipinski definition) is 1. The molecule has 1 unspecified atom stereocenters. The van der Waals surface area contributed by atoms with Crippen molar-refractivity contribution in [3.8, 4) is 0 Å². The molecule has 0 radical (unpaired) electrons. The van der Waals surface area contributed by atoms with Gasteiger partial charge in [0.2, 0.25) is 0 Å². The van der Waals surface area contributed by atoms with Gasteiger partial charge >= 0.3 is 11.9 Å². The number of fused-ring (bicyclic) bond motifs is 2. The minimum atomic E-state index is -0.403. The van der Waals surface area contributed by atoms with E-state index in [2.05, 4.69) is 20.8 Å². The van der Waals surface area contributed by atoms with Crippen molar-refractivity contribution in [2.24, 2.45) is 33.5 Å². The standard InChI is InChI=1S/C24H38O5/c1-15(25)28-14-22(4)7-6-8-23(5)20(22)18(27)11-17-12-19(29-16(2)26)21(3)9-10-24(17,23)13-21/h17-20,27H,6-14H2,1-5H3/t17?,18-,19-,20+,21-,22+,23+,24+/m1/s1. The van der Waals surface area contributed by atoms with Crippen LogP contribution in [0.15, 0.2) is 0 Å². The largest absolute Gasteiger partial charge is 0.465 e. The molecular formula is C24H38O5. The smallest absolute Gasteiger partial charge is 0.302 e. The third-order valence-corrected chi connectivity index (χ3v) is 9.76. The maximum Gasteiger partial charge on any atom is 0.302 e. The third kappa shape index (κ3) is 2.97. The van der Waals surface area contributed by atoms with E-state index in [9.17, 15) is 14.7 Å². The van der Waals surface area contributed by atoms with Gasteiger partial charge in [0.1, 0.15) is 6.10 Å². The Bertz CT molecular complexity index is 705. The van der Waals surface area contributed by atoms with Gasteiger partial charge in [0, 0.05) is 24.7 Å². The van der Waals surface area contributed by atoms with E-state index in [0.29, 0.717) is 12.5 Å². The molecule has 29 heavy (non-hydrogen) atoms. The molecule has 0 aromatic rings. The normalized spacial score (nSPS) is 51.0. The van der Waals surface area contributed by atoms with Crippen LogP contribution in [0.3, 0.4) is 0 Å². The van der Waals surface area contributed by atoms with E-state index in [1.807, 2.05) is 0 Å². The molecule has 2 bridgehead atoms. The van der Waals surface area contributed by atoms with Crippen LogP contribution < -0.4 is 0 Å².